The van der Waals surface area contributed by atoms with Gasteiger partial charge in [-0.05, 0) is 35.9 Å². The SMILES string of the molecule is CS(=O)(=O)Cc1ccc(C(=O)Nc2ccc(Br)cc2F)cc1. The maximum Gasteiger partial charge on any atom is 0.255 e. The third-order valence-corrected chi connectivity index (χ3v) is 4.18. The lowest BCUT2D eigenvalue weighted by Crippen LogP contribution is -2.13. The van der Waals surface area contributed by atoms with Crippen LogP contribution >= 0.6 is 15.9 Å². The molecular formula is C15H13BrFNO3S. The molecule has 0 fully saturated rings. The largest absolute Gasteiger partial charge is 0.319 e. The molecule has 7 heteroatoms. The van der Waals surface area contributed by atoms with Crippen LogP contribution in [0.25, 0.3) is 0 Å². The van der Waals surface area contributed by atoms with E-state index in [-0.39, 0.29) is 11.4 Å². The van der Waals surface area contributed by atoms with Crippen molar-refractivity contribution in [2.24, 2.45) is 0 Å². The van der Waals surface area contributed by atoms with Crippen LogP contribution in [0.2, 0.25) is 0 Å². The van der Waals surface area contributed by atoms with Crippen LogP contribution in [0.4, 0.5) is 10.1 Å². The van der Waals surface area contributed by atoms with Crippen LogP contribution in [0, 0.1) is 5.82 Å². The average Bonchev–Trinajstić information content (AvgIpc) is 2.41. The van der Waals surface area contributed by atoms with E-state index in [0.717, 1.165) is 6.26 Å². The van der Waals surface area contributed by atoms with Crippen LogP contribution in [0.3, 0.4) is 0 Å². The molecule has 2 aromatic rings. The number of hydrogen-bond donors (Lipinski definition) is 1. The van der Waals surface area contributed by atoms with Crippen molar-refractivity contribution >= 4 is 37.4 Å². The molecule has 0 aliphatic carbocycles. The van der Waals surface area contributed by atoms with E-state index in [1.807, 2.05) is 0 Å². The highest BCUT2D eigenvalue weighted by atomic mass is 79.9. The highest BCUT2D eigenvalue weighted by Crippen LogP contribution is 2.20. The first-order valence-corrected chi connectivity index (χ1v) is 9.13. The number of benzene rings is 2. The Hall–Kier alpha value is -1.73. The Morgan fingerprint density at radius 1 is 1.18 bits per heavy atom. The number of carbonyl (C=O) groups excluding carboxylic acids is 1. The lowest BCUT2D eigenvalue weighted by molar-refractivity contribution is 0.102. The molecule has 1 N–H and O–H groups in total. The fourth-order valence-corrected chi connectivity index (χ4v) is 2.97. The molecule has 0 saturated carbocycles. The van der Waals surface area contributed by atoms with Gasteiger partial charge in [0.1, 0.15) is 5.82 Å². The van der Waals surface area contributed by atoms with Gasteiger partial charge in [-0.1, -0.05) is 28.1 Å². The molecule has 1 amide bonds. The molecule has 0 aromatic heterocycles. The van der Waals surface area contributed by atoms with Crippen molar-refractivity contribution in [3.05, 3.63) is 63.9 Å². The lowest BCUT2D eigenvalue weighted by Gasteiger charge is -2.07. The van der Waals surface area contributed by atoms with Crippen molar-refractivity contribution in [2.45, 2.75) is 5.75 Å². The summed E-state index contributed by atoms with van der Waals surface area (Å²) in [7, 11) is -3.12. The van der Waals surface area contributed by atoms with E-state index in [4.69, 9.17) is 0 Å². The minimum atomic E-state index is -3.12. The molecule has 4 nitrogen and oxygen atoms in total. The maximum absolute atomic E-state index is 13.7. The predicted molar refractivity (Wildman–Crippen MR) is 87.0 cm³/mol. The summed E-state index contributed by atoms with van der Waals surface area (Å²) in [5.41, 5.74) is 0.988. The van der Waals surface area contributed by atoms with E-state index in [2.05, 4.69) is 21.2 Å². The van der Waals surface area contributed by atoms with Gasteiger partial charge in [0, 0.05) is 16.3 Å². The van der Waals surface area contributed by atoms with Gasteiger partial charge in [-0.15, -0.1) is 0 Å². The topological polar surface area (TPSA) is 63.2 Å². The smallest absolute Gasteiger partial charge is 0.255 e. The first-order valence-electron chi connectivity index (χ1n) is 6.28. The van der Waals surface area contributed by atoms with E-state index >= 15 is 0 Å². The molecule has 22 heavy (non-hydrogen) atoms. The Kier molecular flexibility index (Phi) is 4.97. The van der Waals surface area contributed by atoms with Gasteiger partial charge >= 0.3 is 0 Å². The second-order valence-electron chi connectivity index (χ2n) is 4.85. The number of anilines is 1. The van der Waals surface area contributed by atoms with Gasteiger partial charge in [-0.25, -0.2) is 12.8 Å². The number of carbonyl (C=O) groups is 1. The standard InChI is InChI=1S/C15H13BrFNO3S/c1-22(20,21)9-10-2-4-11(5-3-10)15(19)18-14-7-6-12(16)8-13(14)17/h2-8H,9H2,1H3,(H,18,19). The molecule has 116 valence electrons. The molecule has 0 atom stereocenters. The van der Waals surface area contributed by atoms with Gasteiger partial charge in [0.2, 0.25) is 0 Å². The average molecular weight is 386 g/mol. The summed E-state index contributed by atoms with van der Waals surface area (Å²) >= 11 is 3.14. The van der Waals surface area contributed by atoms with Gasteiger partial charge in [0.05, 0.1) is 11.4 Å². The van der Waals surface area contributed by atoms with E-state index < -0.39 is 21.6 Å². The lowest BCUT2D eigenvalue weighted by atomic mass is 10.1. The fourth-order valence-electron chi connectivity index (χ4n) is 1.84. The highest BCUT2D eigenvalue weighted by molar-refractivity contribution is 9.10. The monoisotopic (exact) mass is 385 g/mol. The van der Waals surface area contributed by atoms with Gasteiger partial charge in [-0.2, -0.15) is 0 Å². The number of nitrogens with one attached hydrogen (secondary N) is 1. The molecule has 0 spiro atoms. The number of hydrogen-bond acceptors (Lipinski definition) is 3. The van der Waals surface area contributed by atoms with Crippen molar-refractivity contribution in [1.29, 1.82) is 0 Å². The fraction of sp³-hybridized carbons (Fsp3) is 0.133. The van der Waals surface area contributed by atoms with E-state index in [9.17, 15) is 17.6 Å². The van der Waals surface area contributed by atoms with Gasteiger partial charge in [-0.3, -0.25) is 4.79 Å². The van der Waals surface area contributed by atoms with Crippen molar-refractivity contribution < 1.29 is 17.6 Å². The van der Waals surface area contributed by atoms with Gasteiger partial charge < -0.3 is 5.32 Å². The molecule has 0 aliphatic rings. The van der Waals surface area contributed by atoms with Crippen LogP contribution in [0.5, 0.6) is 0 Å². The van der Waals surface area contributed by atoms with Crippen molar-refractivity contribution in [3.8, 4) is 0 Å². The molecule has 0 radical (unpaired) electrons. The van der Waals surface area contributed by atoms with Crippen molar-refractivity contribution in [2.75, 3.05) is 11.6 Å². The van der Waals surface area contributed by atoms with Gasteiger partial charge in [0.25, 0.3) is 5.91 Å². The summed E-state index contributed by atoms with van der Waals surface area (Å²) in [6, 6.07) is 10.5. The molecule has 2 aromatic carbocycles. The first kappa shape index (κ1) is 16.6. The molecule has 0 bridgehead atoms. The zero-order chi connectivity index (χ0) is 16.3. The molecule has 2 rings (SSSR count). The summed E-state index contributed by atoms with van der Waals surface area (Å²) < 4.78 is 36.6. The molecule has 0 saturated heterocycles. The van der Waals surface area contributed by atoms with E-state index in [1.165, 1.54) is 24.3 Å². The van der Waals surface area contributed by atoms with Crippen LogP contribution in [0.1, 0.15) is 15.9 Å². The molecular weight excluding hydrogens is 373 g/mol. The number of sulfone groups is 1. The third kappa shape index (κ3) is 4.64. The Balaban J connectivity index is 2.13. The van der Waals surface area contributed by atoms with Crippen molar-refractivity contribution in [1.82, 2.24) is 0 Å². The Labute approximate surface area is 136 Å². The predicted octanol–water partition coefficient (Wildman–Crippen LogP) is 3.39. The second-order valence-corrected chi connectivity index (χ2v) is 7.90. The Morgan fingerprint density at radius 3 is 2.36 bits per heavy atom. The van der Waals surface area contributed by atoms with Crippen molar-refractivity contribution in [3.63, 3.8) is 0 Å². The number of halogens is 2. The first-order chi connectivity index (χ1) is 10.2. The van der Waals surface area contributed by atoms with Crippen LogP contribution in [-0.4, -0.2) is 20.6 Å². The zero-order valence-corrected chi connectivity index (χ0v) is 14.0. The quantitative estimate of drug-likeness (QED) is 0.876. The summed E-state index contributed by atoms with van der Waals surface area (Å²) in [6.45, 7) is 0. The minimum Gasteiger partial charge on any atom is -0.319 e. The molecule has 0 heterocycles. The zero-order valence-electron chi connectivity index (χ0n) is 11.6. The van der Waals surface area contributed by atoms with Crippen LogP contribution in [0.15, 0.2) is 46.9 Å². The van der Waals surface area contributed by atoms with Gasteiger partial charge in [0.15, 0.2) is 9.84 Å². The van der Waals surface area contributed by atoms with Crippen LogP contribution in [-0.2, 0) is 15.6 Å². The summed E-state index contributed by atoms with van der Waals surface area (Å²) in [4.78, 5) is 12.0. The molecule has 0 unspecified atom stereocenters. The van der Waals surface area contributed by atoms with E-state index in [0.29, 0.717) is 15.6 Å². The van der Waals surface area contributed by atoms with Crippen LogP contribution < -0.4 is 5.32 Å². The summed E-state index contributed by atoms with van der Waals surface area (Å²) in [5, 5.41) is 2.47. The summed E-state index contributed by atoms with van der Waals surface area (Å²) in [5.74, 6) is -1.10. The highest BCUT2D eigenvalue weighted by Gasteiger charge is 2.10. The van der Waals surface area contributed by atoms with E-state index in [1.54, 1.807) is 18.2 Å². The maximum atomic E-state index is 13.7. The third-order valence-electron chi connectivity index (χ3n) is 2.82. The molecule has 0 aliphatic heterocycles. The normalized spacial score (nSPS) is 11.2. The number of amides is 1. The minimum absolute atomic E-state index is 0.0772. The second kappa shape index (κ2) is 6.58. The number of rotatable bonds is 4. The summed E-state index contributed by atoms with van der Waals surface area (Å²) in [6.07, 6.45) is 1.14. The Morgan fingerprint density at radius 2 is 1.82 bits per heavy atom. The Bertz CT molecular complexity index is 804.